The van der Waals surface area contributed by atoms with E-state index in [1.54, 1.807) is 0 Å². The summed E-state index contributed by atoms with van der Waals surface area (Å²) >= 11 is 2.50. The van der Waals surface area contributed by atoms with Gasteiger partial charge in [0.2, 0.25) is 0 Å². The maximum atomic E-state index is 5.91. The highest BCUT2D eigenvalue weighted by Gasteiger charge is 2.45. The number of hydrogen-bond acceptors (Lipinski definition) is 1. The molecule has 0 amide bonds. The Morgan fingerprint density at radius 3 is 2.67 bits per heavy atom. The monoisotopic (exact) mass is 322 g/mol. The van der Waals surface area contributed by atoms with Gasteiger partial charge in [-0.25, -0.2) is 0 Å². The molecule has 2 unspecified atom stereocenters. The van der Waals surface area contributed by atoms with Gasteiger partial charge in [-0.2, -0.15) is 0 Å². The molecule has 15 heavy (non-hydrogen) atoms. The van der Waals surface area contributed by atoms with Crippen molar-refractivity contribution in [1.29, 1.82) is 0 Å². The molecule has 2 atom stereocenters. The van der Waals surface area contributed by atoms with E-state index in [1.165, 1.54) is 43.0 Å². The van der Waals surface area contributed by atoms with Crippen molar-refractivity contribution >= 4 is 22.6 Å². The summed E-state index contributed by atoms with van der Waals surface area (Å²) in [4.78, 5) is 0. The lowest BCUT2D eigenvalue weighted by Gasteiger charge is -2.32. The molecular formula is C13H23IO. The highest BCUT2D eigenvalue weighted by molar-refractivity contribution is 14.1. The number of rotatable bonds is 1. The smallest absolute Gasteiger partial charge is 0.0721 e. The van der Waals surface area contributed by atoms with Crippen LogP contribution in [-0.2, 0) is 4.74 Å². The molecule has 2 heteroatoms. The summed E-state index contributed by atoms with van der Waals surface area (Å²) in [7, 11) is 0. The summed E-state index contributed by atoms with van der Waals surface area (Å²) in [5.74, 6) is 0. The Hall–Kier alpha value is 0.690. The lowest BCUT2D eigenvalue weighted by Crippen LogP contribution is -2.32. The third-order valence-electron chi connectivity index (χ3n) is 4.57. The zero-order valence-electron chi connectivity index (χ0n) is 10.0. The van der Waals surface area contributed by atoms with E-state index in [2.05, 4.69) is 36.4 Å². The summed E-state index contributed by atoms with van der Waals surface area (Å²) < 4.78 is 7.09. The first-order chi connectivity index (χ1) is 7.08. The van der Waals surface area contributed by atoms with Crippen LogP contribution in [0.4, 0.5) is 0 Å². The van der Waals surface area contributed by atoms with Gasteiger partial charge >= 0.3 is 0 Å². The average molecular weight is 322 g/mol. The fourth-order valence-electron chi connectivity index (χ4n) is 3.28. The van der Waals surface area contributed by atoms with Gasteiger partial charge in [0.1, 0.15) is 0 Å². The molecule has 0 N–H and O–H groups in total. The minimum absolute atomic E-state index is 0.548. The fourth-order valence-corrected chi connectivity index (χ4v) is 4.47. The molecule has 1 spiro atoms. The zero-order valence-corrected chi connectivity index (χ0v) is 12.2. The summed E-state index contributed by atoms with van der Waals surface area (Å²) in [6.45, 7) is 5.87. The molecule has 1 aliphatic heterocycles. The van der Waals surface area contributed by atoms with Crippen molar-refractivity contribution < 1.29 is 4.74 Å². The van der Waals surface area contributed by atoms with Crippen molar-refractivity contribution in [2.45, 2.75) is 58.5 Å². The molecule has 0 aromatic heterocycles. The van der Waals surface area contributed by atoms with Crippen LogP contribution in [0.5, 0.6) is 0 Å². The molecule has 2 fully saturated rings. The molecular weight excluding hydrogens is 299 g/mol. The first kappa shape index (κ1) is 12.2. The molecule has 1 saturated heterocycles. The first-order valence-corrected chi connectivity index (χ1v) is 7.78. The second-order valence-electron chi connectivity index (χ2n) is 6.14. The SMILES string of the molecule is CC1(C)CCCC2(CCOC2CI)CC1. The van der Waals surface area contributed by atoms with Gasteiger partial charge in [-0.05, 0) is 42.9 Å². The Morgan fingerprint density at radius 2 is 1.93 bits per heavy atom. The highest BCUT2D eigenvalue weighted by Crippen LogP contribution is 2.50. The normalized spacial score (nSPS) is 40.6. The second-order valence-corrected chi connectivity index (χ2v) is 7.02. The molecule has 1 saturated carbocycles. The fraction of sp³-hybridized carbons (Fsp3) is 1.00. The van der Waals surface area contributed by atoms with E-state index in [-0.39, 0.29) is 0 Å². The maximum absolute atomic E-state index is 5.91. The third-order valence-corrected chi connectivity index (χ3v) is 5.37. The van der Waals surface area contributed by atoms with Gasteiger partial charge in [-0.3, -0.25) is 0 Å². The third kappa shape index (κ3) is 2.51. The van der Waals surface area contributed by atoms with E-state index in [0.717, 1.165) is 6.61 Å². The van der Waals surface area contributed by atoms with Gasteiger partial charge in [-0.1, -0.05) is 42.9 Å². The summed E-state index contributed by atoms with van der Waals surface area (Å²) in [5, 5.41) is 0. The molecule has 1 nitrogen and oxygen atoms in total. The Kier molecular flexibility index (Phi) is 3.66. The molecule has 0 aromatic carbocycles. The molecule has 0 aromatic rings. The molecule has 2 rings (SSSR count). The summed E-state index contributed by atoms with van der Waals surface area (Å²) in [5.41, 5.74) is 1.12. The lowest BCUT2D eigenvalue weighted by molar-refractivity contribution is 0.0595. The summed E-state index contributed by atoms with van der Waals surface area (Å²) in [6, 6.07) is 0. The van der Waals surface area contributed by atoms with Gasteiger partial charge < -0.3 is 4.74 Å². The van der Waals surface area contributed by atoms with Gasteiger partial charge in [0.15, 0.2) is 0 Å². The van der Waals surface area contributed by atoms with Crippen LogP contribution in [-0.4, -0.2) is 17.1 Å². The van der Waals surface area contributed by atoms with Crippen LogP contribution in [0, 0.1) is 10.8 Å². The van der Waals surface area contributed by atoms with Crippen molar-refractivity contribution in [3.8, 4) is 0 Å². The average Bonchev–Trinajstić information content (AvgIpc) is 2.51. The van der Waals surface area contributed by atoms with Crippen molar-refractivity contribution in [1.82, 2.24) is 0 Å². The van der Waals surface area contributed by atoms with E-state index >= 15 is 0 Å². The number of alkyl halides is 1. The minimum atomic E-state index is 0.548. The van der Waals surface area contributed by atoms with E-state index in [9.17, 15) is 0 Å². The van der Waals surface area contributed by atoms with E-state index in [4.69, 9.17) is 4.74 Å². The molecule has 0 bridgehead atoms. The van der Waals surface area contributed by atoms with Crippen molar-refractivity contribution in [3.05, 3.63) is 0 Å². The van der Waals surface area contributed by atoms with E-state index in [0.29, 0.717) is 16.9 Å². The van der Waals surface area contributed by atoms with Crippen LogP contribution in [0.3, 0.4) is 0 Å². The largest absolute Gasteiger partial charge is 0.377 e. The van der Waals surface area contributed by atoms with Gasteiger partial charge in [0, 0.05) is 11.0 Å². The highest BCUT2D eigenvalue weighted by atomic mass is 127. The Labute approximate surface area is 107 Å². The van der Waals surface area contributed by atoms with Crippen LogP contribution in [0.2, 0.25) is 0 Å². The number of ether oxygens (including phenoxy) is 1. The topological polar surface area (TPSA) is 9.23 Å². The molecule has 88 valence electrons. The number of halogens is 1. The maximum Gasteiger partial charge on any atom is 0.0721 e. The molecule has 0 radical (unpaired) electrons. The Morgan fingerprint density at radius 1 is 1.13 bits per heavy atom. The van der Waals surface area contributed by atoms with Crippen LogP contribution >= 0.6 is 22.6 Å². The van der Waals surface area contributed by atoms with Crippen molar-refractivity contribution in [2.24, 2.45) is 10.8 Å². The Bertz CT molecular complexity index is 227. The predicted molar refractivity (Wildman–Crippen MR) is 72.5 cm³/mol. The van der Waals surface area contributed by atoms with Crippen LogP contribution in [0.25, 0.3) is 0 Å². The molecule has 2 aliphatic rings. The van der Waals surface area contributed by atoms with Gasteiger partial charge in [0.25, 0.3) is 0 Å². The van der Waals surface area contributed by atoms with Crippen LogP contribution in [0.1, 0.15) is 52.4 Å². The van der Waals surface area contributed by atoms with Gasteiger partial charge in [0.05, 0.1) is 6.10 Å². The Balaban J connectivity index is 2.08. The van der Waals surface area contributed by atoms with E-state index in [1.807, 2.05) is 0 Å². The molecule has 1 aliphatic carbocycles. The molecule has 1 heterocycles. The second kappa shape index (κ2) is 4.52. The van der Waals surface area contributed by atoms with Crippen LogP contribution < -0.4 is 0 Å². The zero-order chi connectivity index (χ0) is 10.9. The minimum Gasteiger partial charge on any atom is -0.377 e. The lowest BCUT2D eigenvalue weighted by atomic mass is 9.74. The predicted octanol–water partition coefficient (Wildman–Crippen LogP) is 4.19. The first-order valence-electron chi connectivity index (χ1n) is 6.26. The van der Waals surface area contributed by atoms with Crippen LogP contribution in [0.15, 0.2) is 0 Å². The van der Waals surface area contributed by atoms with Gasteiger partial charge in [-0.15, -0.1) is 0 Å². The van der Waals surface area contributed by atoms with E-state index < -0.39 is 0 Å². The standard InChI is InChI=1S/C13H23IO/c1-12(2)4-3-5-13(7-6-12)8-9-15-11(13)10-14/h11H,3-10H2,1-2H3. The summed E-state index contributed by atoms with van der Waals surface area (Å²) in [6.07, 6.45) is 8.87. The quantitative estimate of drug-likeness (QED) is 0.520. The van der Waals surface area contributed by atoms with Crippen molar-refractivity contribution in [2.75, 3.05) is 11.0 Å². The number of hydrogen-bond donors (Lipinski definition) is 0. The van der Waals surface area contributed by atoms with Crippen molar-refractivity contribution in [3.63, 3.8) is 0 Å².